The second-order valence-corrected chi connectivity index (χ2v) is 7.48. The average molecular weight is 346 g/mol. The summed E-state index contributed by atoms with van der Waals surface area (Å²) in [5.74, 6) is 1.69. The molecule has 24 heavy (non-hydrogen) atoms. The monoisotopic (exact) mass is 346 g/mol. The van der Waals surface area contributed by atoms with Gasteiger partial charge in [-0.25, -0.2) is 4.98 Å². The number of aromatic nitrogens is 1. The normalized spacial score (nSPS) is 18.7. The summed E-state index contributed by atoms with van der Waals surface area (Å²) >= 11 is 1.70. The van der Waals surface area contributed by atoms with Crippen LogP contribution in [0.5, 0.6) is 11.5 Å². The van der Waals surface area contributed by atoms with Crippen LogP contribution >= 0.6 is 11.3 Å². The number of nitrogens with one attached hydrogen (secondary N) is 1. The van der Waals surface area contributed by atoms with Crippen molar-refractivity contribution in [3.8, 4) is 11.5 Å². The van der Waals surface area contributed by atoms with Gasteiger partial charge in [0.2, 0.25) is 6.79 Å². The zero-order chi connectivity index (χ0) is 16.4. The smallest absolute Gasteiger partial charge is 0.231 e. The summed E-state index contributed by atoms with van der Waals surface area (Å²) in [6.07, 6.45) is 2.02. The van der Waals surface area contributed by atoms with Crippen molar-refractivity contribution in [1.82, 2.24) is 10.3 Å². The molecule has 0 saturated carbocycles. The molecule has 1 aromatic heterocycles. The van der Waals surface area contributed by atoms with Crippen LogP contribution < -0.4 is 14.8 Å². The lowest BCUT2D eigenvalue weighted by atomic mass is 9.74. The Labute approximate surface area is 146 Å². The third-order valence-electron chi connectivity index (χ3n) is 4.87. The van der Waals surface area contributed by atoms with Crippen molar-refractivity contribution in [2.45, 2.75) is 31.7 Å². The third-order valence-corrected chi connectivity index (χ3v) is 5.69. The second-order valence-electron chi connectivity index (χ2n) is 6.42. The summed E-state index contributed by atoms with van der Waals surface area (Å²) in [6, 6.07) is 6.34. The Hall–Kier alpha value is -1.63. The predicted molar refractivity (Wildman–Crippen MR) is 92.9 cm³/mol. The largest absolute Gasteiger partial charge is 0.454 e. The number of fused-ring (bicyclic) bond motifs is 1. The summed E-state index contributed by atoms with van der Waals surface area (Å²) in [5.41, 5.74) is 2.49. The van der Waals surface area contributed by atoms with E-state index in [9.17, 15) is 0 Å². The molecule has 0 aliphatic carbocycles. The minimum atomic E-state index is 0.0737. The minimum absolute atomic E-state index is 0.0737. The van der Waals surface area contributed by atoms with E-state index in [1.54, 1.807) is 11.3 Å². The molecule has 4 rings (SSSR count). The molecule has 0 amide bonds. The van der Waals surface area contributed by atoms with Crippen LogP contribution in [0.25, 0.3) is 0 Å². The zero-order valence-electron chi connectivity index (χ0n) is 13.8. The molecule has 0 atom stereocenters. The van der Waals surface area contributed by atoms with Crippen LogP contribution in [0, 0.1) is 6.92 Å². The molecular weight excluding hydrogens is 324 g/mol. The van der Waals surface area contributed by atoms with Gasteiger partial charge in [0.25, 0.3) is 0 Å². The van der Waals surface area contributed by atoms with E-state index in [0.717, 1.165) is 61.3 Å². The van der Waals surface area contributed by atoms with E-state index < -0.39 is 0 Å². The molecule has 1 N–H and O–H groups in total. The van der Waals surface area contributed by atoms with Crippen LogP contribution in [0.2, 0.25) is 0 Å². The zero-order valence-corrected chi connectivity index (χ0v) is 14.7. The van der Waals surface area contributed by atoms with Gasteiger partial charge in [0.1, 0.15) is 0 Å². The van der Waals surface area contributed by atoms with Crippen molar-refractivity contribution in [3.63, 3.8) is 0 Å². The molecule has 5 nitrogen and oxygen atoms in total. The van der Waals surface area contributed by atoms with Crippen LogP contribution in [-0.4, -0.2) is 31.5 Å². The lowest BCUT2D eigenvalue weighted by Crippen LogP contribution is -2.42. The standard InChI is InChI=1S/C18H22N2O3S/c1-13-20-15(10-24-13)9-19-11-18(4-6-21-7-5-18)14-2-3-16-17(8-14)23-12-22-16/h2-3,8,10,19H,4-7,9,11-12H2,1H3. The molecule has 0 radical (unpaired) electrons. The molecule has 1 aromatic carbocycles. The van der Waals surface area contributed by atoms with Crippen molar-refractivity contribution in [2.75, 3.05) is 26.6 Å². The number of ether oxygens (including phenoxy) is 3. The first-order chi connectivity index (χ1) is 11.8. The first kappa shape index (κ1) is 15.9. The quantitative estimate of drug-likeness (QED) is 0.902. The van der Waals surface area contributed by atoms with Crippen molar-refractivity contribution in [1.29, 1.82) is 0 Å². The van der Waals surface area contributed by atoms with E-state index in [1.807, 2.05) is 13.0 Å². The highest BCUT2D eigenvalue weighted by atomic mass is 32.1. The number of hydrogen-bond donors (Lipinski definition) is 1. The van der Waals surface area contributed by atoms with Crippen LogP contribution in [0.15, 0.2) is 23.6 Å². The molecule has 0 unspecified atom stereocenters. The van der Waals surface area contributed by atoms with Crippen LogP contribution in [0.3, 0.4) is 0 Å². The summed E-state index contributed by atoms with van der Waals surface area (Å²) in [6.45, 7) is 5.67. The van der Waals surface area contributed by atoms with Gasteiger partial charge in [0.15, 0.2) is 11.5 Å². The maximum Gasteiger partial charge on any atom is 0.231 e. The van der Waals surface area contributed by atoms with Gasteiger partial charge in [-0.05, 0) is 37.5 Å². The van der Waals surface area contributed by atoms with Gasteiger partial charge >= 0.3 is 0 Å². The fraction of sp³-hybridized carbons (Fsp3) is 0.500. The van der Waals surface area contributed by atoms with E-state index in [0.29, 0.717) is 6.79 Å². The Morgan fingerprint density at radius 1 is 1.21 bits per heavy atom. The molecule has 128 valence electrons. The van der Waals surface area contributed by atoms with Crippen LogP contribution in [0.1, 0.15) is 29.1 Å². The Morgan fingerprint density at radius 2 is 2.04 bits per heavy atom. The van der Waals surface area contributed by atoms with E-state index in [4.69, 9.17) is 14.2 Å². The van der Waals surface area contributed by atoms with Crippen molar-refractivity contribution < 1.29 is 14.2 Å². The third kappa shape index (κ3) is 3.14. The van der Waals surface area contributed by atoms with Gasteiger partial charge in [-0.15, -0.1) is 11.3 Å². The Balaban J connectivity index is 1.51. The highest BCUT2D eigenvalue weighted by Gasteiger charge is 2.35. The number of nitrogens with zero attached hydrogens (tertiary/aromatic N) is 1. The number of hydrogen-bond acceptors (Lipinski definition) is 6. The SMILES string of the molecule is Cc1nc(CNCC2(c3ccc4c(c3)OCO4)CCOCC2)cs1. The minimum Gasteiger partial charge on any atom is -0.454 e. The van der Waals surface area contributed by atoms with E-state index in [-0.39, 0.29) is 5.41 Å². The number of aryl methyl sites for hydroxylation is 1. The van der Waals surface area contributed by atoms with E-state index >= 15 is 0 Å². The van der Waals surface area contributed by atoms with Gasteiger partial charge in [-0.1, -0.05) is 6.07 Å². The molecule has 2 aliphatic rings. The maximum atomic E-state index is 5.61. The van der Waals surface area contributed by atoms with Crippen LogP contribution in [-0.2, 0) is 16.7 Å². The average Bonchev–Trinajstić information content (AvgIpc) is 3.24. The first-order valence-corrected chi connectivity index (χ1v) is 9.23. The molecule has 1 fully saturated rings. The van der Waals surface area contributed by atoms with E-state index in [2.05, 4.69) is 27.8 Å². The Kier molecular flexibility index (Phi) is 4.43. The molecule has 2 aromatic rings. The van der Waals surface area contributed by atoms with Crippen LogP contribution in [0.4, 0.5) is 0 Å². The molecule has 2 aliphatic heterocycles. The molecule has 0 spiro atoms. The summed E-state index contributed by atoms with van der Waals surface area (Å²) < 4.78 is 16.6. The number of rotatable bonds is 5. The van der Waals surface area contributed by atoms with Crippen molar-refractivity contribution in [3.05, 3.63) is 39.8 Å². The highest BCUT2D eigenvalue weighted by Crippen LogP contribution is 2.40. The predicted octanol–water partition coefficient (Wildman–Crippen LogP) is 3.02. The molecule has 6 heteroatoms. The van der Waals surface area contributed by atoms with Gasteiger partial charge in [-0.3, -0.25) is 0 Å². The fourth-order valence-electron chi connectivity index (χ4n) is 3.48. The second kappa shape index (κ2) is 6.70. The first-order valence-electron chi connectivity index (χ1n) is 8.35. The Morgan fingerprint density at radius 3 is 2.83 bits per heavy atom. The summed E-state index contributed by atoms with van der Waals surface area (Å²) in [4.78, 5) is 4.53. The van der Waals surface area contributed by atoms with Gasteiger partial charge in [0.05, 0.1) is 10.7 Å². The lowest BCUT2D eigenvalue weighted by molar-refractivity contribution is 0.0497. The maximum absolute atomic E-state index is 5.61. The molecule has 0 bridgehead atoms. The van der Waals surface area contributed by atoms with Crippen molar-refractivity contribution in [2.24, 2.45) is 0 Å². The Bertz CT molecular complexity index is 710. The lowest BCUT2D eigenvalue weighted by Gasteiger charge is -2.38. The van der Waals surface area contributed by atoms with Crippen molar-refractivity contribution >= 4 is 11.3 Å². The van der Waals surface area contributed by atoms with E-state index in [1.165, 1.54) is 5.56 Å². The number of thiazole rings is 1. The van der Waals surface area contributed by atoms with Gasteiger partial charge < -0.3 is 19.5 Å². The number of benzene rings is 1. The highest BCUT2D eigenvalue weighted by molar-refractivity contribution is 7.09. The van der Waals surface area contributed by atoms with Gasteiger partial charge in [0, 0.05) is 37.1 Å². The fourth-order valence-corrected chi connectivity index (χ4v) is 4.09. The summed E-state index contributed by atoms with van der Waals surface area (Å²) in [7, 11) is 0. The summed E-state index contributed by atoms with van der Waals surface area (Å²) in [5, 5.41) is 6.85. The molecule has 1 saturated heterocycles. The van der Waals surface area contributed by atoms with Gasteiger partial charge in [-0.2, -0.15) is 0 Å². The molecular formula is C18H22N2O3S. The topological polar surface area (TPSA) is 52.6 Å². The molecule has 3 heterocycles.